The molecular formula is C16H18N2O3S. The minimum atomic E-state index is -0.415. The number of piperidine rings is 1. The number of hydrogen-bond donors (Lipinski definition) is 1. The van der Waals surface area contributed by atoms with Crippen molar-refractivity contribution < 1.29 is 14.6 Å². The third-order valence-corrected chi connectivity index (χ3v) is 4.27. The fourth-order valence-electron chi connectivity index (χ4n) is 2.51. The molecule has 3 rings (SSSR count). The molecule has 1 aromatic heterocycles. The first-order valence-corrected chi connectivity index (χ1v) is 8.24. The van der Waals surface area contributed by atoms with Gasteiger partial charge in [0, 0.05) is 24.0 Å². The van der Waals surface area contributed by atoms with Gasteiger partial charge in [-0.25, -0.2) is 4.98 Å². The van der Waals surface area contributed by atoms with Gasteiger partial charge in [-0.05, 0) is 31.0 Å². The van der Waals surface area contributed by atoms with E-state index in [4.69, 9.17) is 4.74 Å². The maximum absolute atomic E-state index is 12.5. The highest BCUT2D eigenvalue weighted by atomic mass is 32.1. The Morgan fingerprint density at radius 1 is 1.50 bits per heavy atom. The van der Waals surface area contributed by atoms with Crippen molar-refractivity contribution in [2.75, 3.05) is 13.1 Å². The Balaban J connectivity index is 1.66. The molecular weight excluding hydrogens is 300 g/mol. The molecule has 0 bridgehead atoms. The Morgan fingerprint density at radius 3 is 3.18 bits per heavy atom. The smallest absolute Gasteiger partial charge is 0.254 e. The zero-order valence-electron chi connectivity index (χ0n) is 12.1. The van der Waals surface area contributed by atoms with Crippen LogP contribution in [0.1, 0.15) is 28.9 Å². The molecule has 116 valence electrons. The van der Waals surface area contributed by atoms with Crippen LogP contribution in [0.15, 0.2) is 35.2 Å². The van der Waals surface area contributed by atoms with E-state index in [0.717, 1.165) is 18.5 Å². The molecule has 2 aromatic rings. The predicted molar refractivity (Wildman–Crippen MR) is 84.0 cm³/mol. The zero-order valence-corrected chi connectivity index (χ0v) is 13.0. The summed E-state index contributed by atoms with van der Waals surface area (Å²) in [6.45, 7) is 1.49. The van der Waals surface area contributed by atoms with Crippen molar-refractivity contribution in [2.24, 2.45) is 0 Å². The monoisotopic (exact) mass is 318 g/mol. The summed E-state index contributed by atoms with van der Waals surface area (Å²) in [6.07, 6.45) is 1.19. The van der Waals surface area contributed by atoms with Gasteiger partial charge in [-0.3, -0.25) is 4.79 Å². The van der Waals surface area contributed by atoms with Gasteiger partial charge in [0.15, 0.2) is 0 Å². The fourth-order valence-corrected chi connectivity index (χ4v) is 3.05. The van der Waals surface area contributed by atoms with Crippen molar-refractivity contribution in [1.82, 2.24) is 9.88 Å². The van der Waals surface area contributed by atoms with Crippen molar-refractivity contribution >= 4 is 17.2 Å². The summed E-state index contributed by atoms with van der Waals surface area (Å²) in [5, 5.41) is 11.6. The molecule has 0 spiro atoms. The first-order chi connectivity index (χ1) is 10.7. The number of benzene rings is 1. The van der Waals surface area contributed by atoms with Crippen LogP contribution in [0.4, 0.5) is 0 Å². The second-order valence-electron chi connectivity index (χ2n) is 5.34. The van der Waals surface area contributed by atoms with E-state index in [1.807, 2.05) is 17.5 Å². The lowest BCUT2D eigenvalue weighted by Gasteiger charge is -2.30. The van der Waals surface area contributed by atoms with Crippen LogP contribution in [-0.2, 0) is 6.61 Å². The Labute approximate surface area is 133 Å². The van der Waals surface area contributed by atoms with Crippen LogP contribution in [0.3, 0.4) is 0 Å². The third-order valence-electron chi connectivity index (χ3n) is 3.63. The van der Waals surface area contributed by atoms with E-state index in [0.29, 0.717) is 31.0 Å². The number of rotatable bonds is 4. The molecule has 1 aliphatic heterocycles. The highest BCUT2D eigenvalue weighted by Gasteiger charge is 2.23. The minimum Gasteiger partial charge on any atom is -0.487 e. The minimum absolute atomic E-state index is 0.0575. The molecule has 1 aromatic carbocycles. The van der Waals surface area contributed by atoms with Crippen LogP contribution in [0, 0.1) is 0 Å². The SMILES string of the molecule is O=C(c1cccc(OCc2cscn2)c1)N1CCCC(O)C1. The lowest BCUT2D eigenvalue weighted by atomic mass is 10.1. The van der Waals surface area contributed by atoms with E-state index in [9.17, 15) is 9.90 Å². The maximum Gasteiger partial charge on any atom is 0.254 e. The Bertz CT molecular complexity index is 630. The topological polar surface area (TPSA) is 62.7 Å². The number of aliphatic hydroxyl groups is 1. The molecule has 1 aliphatic rings. The Morgan fingerprint density at radius 2 is 2.41 bits per heavy atom. The number of aromatic nitrogens is 1. The summed E-state index contributed by atoms with van der Waals surface area (Å²) in [7, 11) is 0. The molecule has 1 unspecified atom stereocenters. The largest absolute Gasteiger partial charge is 0.487 e. The third kappa shape index (κ3) is 3.64. The van der Waals surface area contributed by atoms with Crippen molar-refractivity contribution in [3.05, 3.63) is 46.4 Å². The predicted octanol–water partition coefficient (Wildman–Crippen LogP) is 2.32. The molecule has 2 heterocycles. The lowest BCUT2D eigenvalue weighted by molar-refractivity contribution is 0.0473. The van der Waals surface area contributed by atoms with Crippen molar-refractivity contribution in [3.8, 4) is 5.75 Å². The van der Waals surface area contributed by atoms with E-state index in [2.05, 4.69) is 4.98 Å². The summed E-state index contributed by atoms with van der Waals surface area (Å²) in [4.78, 5) is 18.3. The zero-order chi connectivity index (χ0) is 15.4. The fraction of sp³-hybridized carbons (Fsp3) is 0.375. The molecule has 22 heavy (non-hydrogen) atoms. The van der Waals surface area contributed by atoms with E-state index in [1.54, 1.807) is 22.5 Å². The molecule has 6 heteroatoms. The van der Waals surface area contributed by atoms with Crippen molar-refractivity contribution in [3.63, 3.8) is 0 Å². The van der Waals surface area contributed by atoms with Crippen LogP contribution >= 0.6 is 11.3 Å². The first-order valence-electron chi connectivity index (χ1n) is 7.29. The summed E-state index contributed by atoms with van der Waals surface area (Å²) in [5.74, 6) is 0.592. The molecule has 0 aliphatic carbocycles. The summed E-state index contributed by atoms with van der Waals surface area (Å²) < 4.78 is 5.67. The highest BCUT2D eigenvalue weighted by Crippen LogP contribution is 2.19. The van der Waals surface area contributed by atoms with Gasteiger partial charge in [-0.15, -0.1) is 11.3 Å². The van der Waals surface area contributed by atoms with Crippen LogP contribution in [-0.4, -0.2) is 40.1 Å². The number of carbonyl (C=O) groups excluding carboxylic acids is 1. The number of hydrogen-bond acceptors (Lipinski definition) is 5. The van der Waals surface area contributed by atoms with Gasteiger partial charge in [-0.2, -0.15) is 0 Å². The maximum atomic E-state index is 12.5. The second kappa shape index (κ2) is 6.89. The number of ether oxygens (including phenoxy) is 1. The molecule has 5 nitrogen and oxygen atoms in total. The van der Waals surface area contributed by atoms with Crippen molar-refractivity contribution in [2.45, 2.75) is 25.6 Å². The Kier molecular flexibility index (Phi) is 4.70. The second-order valence-corrected chi connectivity index (χ2v) is 6.06. The van der Waals surface area contributed by atoms with Gasteiger partial charge in [0.2, 0.25) is 0 Å². The lowest BCUT2D eigenvalue weighted by Crippen LogP contribution is -2.42. The van der Waals surface area contributed by atoms with Gasteiger partial charge in [0.1, 0.15) is 12.4 Å². The van der Waals surface area contributed by atoms with Crippen LogP contribution < -0.4 is 4.74 Å². The average Bonchev–Trinajstić information content (AvgIpc) is 3.06. The molecule has 0 radical (unpaired) electrons. The van der Waals surface area contributed by atoms with E-state index < -0.39 is 6.10 Å². The number of β-amino-alcohol motifs (C(OH)–C–C–N with tert-alkyl or cyclic N) is 1. The number of thiazole rings is 1. The summed E-state index contributed by atoms with van der Waals surface area (Å²) in [5.41, 5.74) is 3.23. The first kappa shape index (κ1) is 15.0. The quantitative estimate of drug-likeness (QED) is 0.940. The molecule has 0 saturated carbocycles. The van der Waals surface area contributed by atoms with Crippen LogP contribution in [0.2, 0.25) is 0 Å². The van der Waals surface area contributed by atoms with Gasteiger partial charge >= 0.3 is 0 Å². The van der Waals surface area contributed by atoms with Gasteiger partial charge < -0.3 is 14.7 Å². The summed E-state index contributed by atoms with van der Waals surface area (Å²) in [6, 6.07) is 7.16. The van der Waals surface area contributed by atoms with E-state index in [-0.39, 0.29) is 5.91 Å². The molecule has 1 fully saturated rings. The standard InChI is InChI=1S/C16H18N2O3S/c19-14-4-2-6-18(8-14)16(20)12-3-1-5-15(7-12)21-9-13-10-22-11-17-13/h1,3,5,7,10-11,14,19H,2,4,6,8-9H2. The van der Waals surface area contributed by atoms with E-state index >= 15 is 0 Å². The van der Waals surface area contributed by atoms with Crippen LogP contribution in [0.25, 0.3) is 0 Å². The number of nitrogens with zero attached hydrogens (tertiary/aromatic N) is 2. The van der Waals surface area contributed by atoms with Crippen molar-refractivity contribution in [1.29, 1.82) is 0 Å². The number of carbonyl (C=O) groups is 1. The Hall–Kier alpha value is -1.92. The highest BCUT2D eigenvalue weighted by molar-refractivity contribution is 7.07. The molecule has 1 atom stereocenters. The van der Waals surface area contributed by atoms with Gasteiger partial charge in [-0.1, -0.05) is 6.07 Å². The van der Waals surface area contributed by atoms with E-state index in [1.165, 1.54) is 11.3 Å². The van der Waals surface area contributed by atoms with Gasteiger partial charge in [0.25, 0.3) is 5.91 Å². The normalized spacial score (nSPS) is 18.2. The summed E-state index contributed by atoms with van der Waals surface area (Å²) >= 11 is 1.53. The molecule has 1 amide bonds. The van der Waals surface area contributed by atoms with Crippen LogP contribution in [0.5, 0.6) is 5.75 Å². The molecule has 1 saturated heterocycles. The molecule has 1 N–H and O–H groups in total. The average molecular weight is 318 g/mol. The van der Waals surface area contributed by atoms with Gasteiger partial charge in [0.05, 0.1) is 17.3 Å². The number of likely N-dealkylation sites (tertiary alicyclic amines) is 1. The number of amides is 1. The number of aliphatic hydroxyl groups excluding tert-OH is 1.